The third-order valence-electron chi connectivity index (χ3n) is 1.96. The molecule has 0 aliphatic rings. The van der Waals surface area contributed by atoms with Crippen molar-refractivity contribution in [3.8, 4) is 6.07 Å². The summed E-state index contributed by atoms with van der Waals surface area (Å²) >= 11 is -1.30. The summed E-state index contributed by atoms with van der Waals surface area (Å²) in [6, 6.07) is 3.82. The lowest BCUT2D eigenvalue weighted by atomic mass is 10.3. The Bertz CT molecular complexity index is 453. The average molecular weight is 252 g/mol. The van der Waals surface area contributed by atoms with Gasteiger partial charge in [0.25, 0.3) is 0 Å². The molecule has 5 nitrogen and oxygen atoms in total. The fourth-order valence-electron chi connectivity index (χ4n) is 1.12. The molecule has 1 heterocycles. The zero-order valence-corrected chi connectivity index (χ0v) is 11.3. The molecule has 0 aliphatic carbocycles. The maximum absolute atomic E-state index is 11.7. The van der Waals surface area contributed by atoms with E-state index in [0.29, 0.717) is 5.69 Å². The van der Waals surface area contributed by atoms with Gasteiger partial charge in [-0.05, 0) is 33.8 Å². The van der Waals surface area contributed by atoms with Gasteiger partial charge in [-0.25, -0.2) is 4.68 Å². The fourth-order valence-corrected chi connectivity index (χ4v) is 1.64. The summed E-state index contributed by atoms with van der Waals surface area (Å²) in [5, 5.41) is 12.8. The highest BCUT2D eigenvalue weighted by molar-refractivity contribution is 7.91. The molecular formula is C11H16N4OS. The van der Waals surface area contributed by atoms with Gasteiger partial charge >= 0.3 is 0 Å². The summed E-state index contributed by atoms with van der Waals surface area (Å²) in [4.78, 5) is 0. The predicted molar refractivity (Wildman–Crippen MR) is 68.1 cm³/mol. The molecule has 1 unspecified atom stereocenters. The molecule has 0 aromatic carbocycles. The van der Waals surface area contributed by atoms with E-state index in [1.54, 1.807) is 10.7 Å². The number of aryl methyl sites for hydroxylation is 1. The Balaban J connectivity index is 2.88. The topological polar surface area (TPSA) is 77.0 Å². The minimum Gasteiger partial charge on any atom is -0.591 e. The van der Waals surface area contributed by atoms with Gasteiger partial charge < -0.3 is 4.55 Å². The van der Waals surface area contributed by atoms with Crippen molar-refractivity contribution in [1.29, 1.82) is 5.26 Å². The lowest BCUT2D eigenvalue weighted by molar-refractivity contribution is 0.561. The minimum atomic E-state index is -1.30. The number of nitriles is 1. The zero-order valence-electron chi connectivity index (χ0n) is 10.5. The standard InChI is InChI=1S/C11H16N4OS/c1-9-7-10(15(14-9)6-5-12)8-13-17(16)11(2,3)4/h7-8H,6H2,1-4H3. The first-order valence-corrected chi connectivity index (χ1v) is 6.32. The third kappa shape index (κ3) is 3.88. The zero-order chi connectivity index (χ0) is 13.1. The van der Waals surface area contributed by atoms with Crippen LogP contribution in [-0.4, -0.2) is 25.3 Å². The Hall–Kier alpha value is -1.32. The average Bonchev–Trinajstić information content (AvgIpc) is 2.54. The molecule has 1 atom stereocenters. The summed E-state index contributed by atoms with van der Waals surface area (Å²) in [7, 11) is 0. The van der Waals surface area contributed by atoms with Crippen LogP contribution in [0.1, 0.15) is 32.2 Å². The molecule has 0 aliphatic heterocycles. The van der Waals surface area contributed by atoms with Crippen LogP contribution in [0.2, 0.25) is 0 Å². The van der Waals surface area contributed by atoms with Crippen molar-refractivity contribution in [2.24, 2.45) is 4.40 Å². The van der Waals surface area contributed by atoms with E-state index in [9.17, 15) is 4.55 Å². The minimum absolute atomic E-state index is 0.164. The van der Waals surface area contributed by atoms with E-state index in [4.69, 9.17) is 5.26 Å². The van der Waals surface area contributed by atoms with Crippen LogP contribution in [0.5, 0.6) is 0 Å². The second kappa shape index (κ2) is 5.34. The fraction of sp³-hybridized carbons (Fsp3) is 0.545. The summed E-state index contributed by atoms with van der Waals surface area (Å²) < 4.78 is 16.9. The van der Waals surface area contributed by atoms with Crippen molar-refractivity contribution in [2.75, 3.05) is 0 Å². The molecule has 0 N–H and O–H groups in total. The first kappa shape index (κ1) is 13.7. The van der Waals surface area contributed by atoms with E-state index in [1.807, 2.05) is 33.8 Å². The molecule has 0 bridgehead atoms. The van der Waals surface area contributed by atoms with Crippen molar-refractivity contribution in [1.82, 2.24) is 9.78 Å². The van der Waals surface area contributed by atoms with Crippen LogP contribution >= 0.6 is 0 Å². The van der Waals surface area contributed by atoms with Crippen LogP contribution in [0, 0.1) is 18.3 Å². The molecule has 0 spiro atoms. The largest absolute Gasteiger partial charge is 0.591 e. The van der Waals surface area contributed by atoms with Gasteiger partial charge in [0.05, 0.1) is 17.5 Å². The van der Waals surface area contributed by atoms with Gasteiger partial charge in [0.2, 0.25) is 0 Å². The molecule has 17 heavy (non-hydrogen) atoms. The highest BCUT2D eigenvalue weighted by Gasteiger charge is 2.25. The van der Waals surface area contributed by atoms with E-state index in [0.717, 1.165) is 5.69 Å². The smallest absolute Gasteiger partial charge is 0.144 e. The molecule has 0 saturated carbocycles. The van der Waals surface area contributed by atoms with E-state index in [-0.39, 0.29) is 11.3 Å². The van der Waals surface area contributed by atoms with Gasteiger partial charge in [0.15, 0.2) is 0 Å². The summed E-state index contributed by atoms with van der Waals surface area (Å²) in [5.74, 6) is 0. The molecular weight excluding hydrogens is 236 g/mol. The van der Waals surface area contributed by atoms with Gasteiger partial charge in [0.1, 0.15) is 28.9 Å². The van der Waals surface area contributed by atoms with E-state index < -0.39 is 11.4 Å². The SMILES string of the molecule is Cc1cc(C=N[S+]([O-])C(C)(C)C)n(CC#N)n1. The Labute approximate surface area is 104 Å². The van der Waals surface area contributed by atoms with Crippen LogP contribution in [0.3, 0.4) is 0 Å². The van der Waals surface area contributed by atoms with Crippen LogP contribution in [0.25, 0.3) is 0 Å². The van der Waals surface area contributed by atoms with Crippen LogP contribution in [0.15, 0.2) is 10.5 Å². The molecule has 1 aromatic rings. The van der Waals surface area contributed by atoms with Gasteiger partial charge in [-0.15, -0.1) is 0 Å². The normalized spacial score (nSPS) is 13.9. The summed E-state index contributed by atoms with van der Waals surface area (Å²) in [6.07, 6.45) is 1.51. The first-order chi connectivity index (χ1) is 7.84. The first-order valence-electron chi connectivity index (χ1n) is 5.22. The van der Waals surface area contributed by atoms with Gasteiger partial charge in [-0.1, -0.05) is 4.40 Å². The Kier molecular flexibility index (Phi) is 4.32. The van der Waals surface area contributed by atoms with Crippen molar-refractivity contribution in [3.05, 3.63) is 17.5 Å². The maximum Gasteiger partial charge on any atom is 0.144 e. The second-order valence-electron chi connectivity index (χ2n) is 4.62. The molecule has 1 aromatic heterocycles. The summed E-state index contributed by atoms with van der Waals surface area (Å²) in [6.45, 7) is 7.58. The second-order valence-corrected chi connectivity index (χ2v) is 6.56. The number of aromatic nitrogens is 2. The summed E-state index contributed by atoms with van der Waals surface area (Å²) in [5.41, 5.74) is 1.50. The van der Waals surface area contributed by atoms with E-state index in [2.05, 4.69) is 9.50 Å². The van der Waals surface area contributed by atoms with Crippen molar-refractivity contribution in [3.63, 3.8) is 0 Å². The van der Waals surface area contributed by atoms with Crippen molar-refractivity contribution >= 4 is 17.6 Å². The van der Waals surface area contributed by atoms with Crippen molar-refractivity contribution in [2.45, 2.75) is 39.0 Å². The van der Waals surface area contributed by atoms with Gasteiger partial charge in [-0.3, -0.25) is 0 Å². The van der Waals surface area contributed by atoms with Crippen LogP contribution in [-0.2, 0) is 17.9 Å². The monoisotopic (exact) mass is 252 g/mol. The van der Waals surface area contributed by atoms with Crippen LogP contribution in [0.4, 0.5) is 0 Å². The lowest BCUT2D eigenvalue weighted by Gasteiger charge is -2.17. The molecule has 0 fully saturated rings. The predicted octanol–water partition coefficient (Wildman–Crippen LogP) is 1.60. The highest BCUT2D eigenvalue weighted by atomic mass is 32.2. The molecule has 0 radical (unpaired) electrons. The van der Waals surface area contributed by atoms with E-state index >= 15 is 0 Å². The molecule has 1 rings (SSSR count). The third-order valence-corrected chi connectivity index (χ3v) is 3.30. The molecule has 0 amide bonds. The maximum atomic E-state index is 11.7. The number of hydrogen-bond donors (Lipinski definition) is 0. The number of nitrogens with zero attached hydrogens (tertiary/aromatic N) is 4. The molecule has 92 valence electrons. The Morgan fingerprint density at radius 2 is 2.29 bits per heavy atom. The molecule has 6 heteroatoms. The highest BCUT2D eigenvalue weighted by Crippen LogP contribution is 2.16. The number of hydrogen-bond acceptors (Lipinski definition) is 4. The lowest BCUT2D eigenvalue weighted by Crippen LogP contribution is -2.26. The van der Waals surface area contributed by atoms with Gasteiger partial charge in [-0.2, -0.15) is 10.4 Å². The van der Waals surface area contributed by atoms with Gasteiger partial charge in [0, 0.05) is 0 Å². The molecule has 0 saturated heterocycles. The quantitative estimate of drug-likeness (QED) is 0.605. The van der Waals surface area contributed by atoms with Crippen molar-refractivity contribution < 1.29 is 4.55 Å². The number of rotatable bonds is 3. The Morgan fingerprint density at radius 1 is 1.65 bits per heavy atom. The Morgan fingerprint density at radius 3 is 2.82 bits per heavy atom. The van der Waals surface area contributed by atoms with E-state index in [1.165, 1.54) is 6.21 Å². The van der Waals surface area contributed by atoms with Crippen LogP contribution < -0.4 is 0 Å².